The minimum absolute atomic E-state index is 0.0725. The van der Waals surface area contributed by atoms with E-state index in [1.54, 1.807) is 11.0 Å². The van der Waals surface area contributed by atoms with E-state index in [1.165, 1.54) is 11.1 Å². The van der Waals surface area contributed by atoms with Crippen molar-refractivity contribution in [2.24, 2.45) is 0 Å². The van der Waals surface area contributed by atoms with E-state index in [1.807, 2.05) is 0 Å². The summed E-state index contributed by atoms with van der Waals surface area (Å²) in [5.41, 5.74) is 2.40. The molecule has 130 valence electrons. The molecule has 1 heterocycles. The van der Waals surface area contributed by atoms with Gasteiger partial charge in [-0.2, -0.15) is 0 Å². The lowest BCUT2D eigenvalue weighted by Crippen LogP contribution is -2.46. The van der Waals surface area contributed by atoms with Gasteiger partial charge >= 0.3 is 6.09 Å². The summed E-state index contributed by atoms with van der Waals surface area (Å²) in [6.45, 7) is 7.03. The van der Waals surface area contributed by atoms with Gasteiger partial charge in [0.05, 0.1) is 0 Å². The molecule has 0 unspecified atom stereocenters. The topological polar surface area (TPSA) is 58.6 Å². The Kier molecular flexibility index (Phi) is 6.85. The van der Waals surface area contributed by atoms with E-state index in [-0.39, 0.29) is 24.6 Å². The van der Waals surface area contributed by atoms with E-state index in [2.05, 4.69) is 43.1 Å². The molecule has 0 aromatic heterocycles. The number of rotatable bonds is 6. The molecule has 0 spiro atoms. The van der Waals surface area contributed by atoms with Crippen molar-refractivity contribution >= 4 is 12.0 Å². The summed E-state index contributed by atoms with van der Waals surface area (Å²) in [6.07, 6.45) is 4.01. The van der Waals surface area contributed by atoms with Crippen LogP contribution < -0.4 is 5.32 Å². The van der Waals surface area contributed by atoms with Crippen molar-refractivity contribution in [3.05, 3.63) is 48.0 Å². The summed E-state index contributed by atoms with van der Waals surface area (Å²) < 4.78 is 5.02. The van der Waals surface area contributed by atoms with Gasteiger partial charge in [-0.15, -0.1) is 0 Å². The number of ether oxygens (including phenoxy) is 1. The molecule has 2 rings (SSSR count). The Hall–Kier alpha value is -2.30. The first-order valence-corrected chi connectivity index (χ1v) is 8.46. The van der Waals surface area contributed by atoms with Crippen LogP contribution in [-0.2, 0) is 16.0 Å². The lowest BCUT2D eigenvalue weighted by atomic mass is 10.0. The molecule has 1 aliphatic rings. The van der Waals surface area contributed by atoms with E-state index >= 15 is 0 Å². The second-order valence-corrected chi connectivity index (χ2v) is 6.18. The van der Waals surface area contributed by atoms with Crippen LogP contribution in [0, 0.1) is 6.92 Å². The summed E-state index contributed by atoms with van der Waals surface area (Å²) in [6, 6.07) is 8.40. The number of amides is 2. The molecular formula is C19H26N2O3. The van der Waals surface area contributed by atoms with Crippen LogP contribution in [0.25, 0.3) is 0 Å². The molecule has 5 heteroatoms. The first-order valence-electron chi connectivity index (χ1n) is 8.46. The maximum atomic E-state index is 12.1. The number of hydrogen-bond donors (Lipinski definition) is 1. The summed E-state index contributed by atoms with van der Waals surface area (Å²) in [7, 11) is 0. The monoisotopic (exact) mass is 330 g/mol. The summed E-state index contributed by atoms with van der Waals surface area (Å²) in [4.78, 5) is 25.5. The number of hydrogen-bond acceptors (Lipinski definition) is 3. The van der Waals surface area contributed by atoms with Gasteiger partial charge in [-0.05, 0) is 31.7 Å². The van der Waals surface area contributed by atoms with Crippen LogP contribution in [-0.4, -0.2) is 42.6 Å². The third-order valence-electron chi connectivity index (χ3n) is 4.20. The van der Waals surface area contributed by atoms with Gasteiger partial charge in [0, 0.05) is 25.6 Å². The Morgan fingerprint density at radius 1 is 1.29 bits per heavy atom. The second kappa shape index (κ2) is 9.11. The maximum absolute atomic E-state index is 12.1. The highest BCUT2D eigenvalue weighted by atomic mass is 16.6. The molecule has 1 N–H and O–H groups in total. The van der Waals surface area contributed by atoms with Crippen molar-refractivity contribution in [3.63, 3.8) is 0 Å². The Bertz CT molecular complexity index is 560. The summed E-state index contributed by atoms with van der Waals surface area (Å²) in [5.74, 6) is 0.0725. The minimum atomic E-state index is -0.306. The van der Waals surface area contributed by atoms with Gasteiger partial charge in [0.1, 0.15) is 6.61 Å². The van der Waals surface area contributed by atoms with Crippen molar-refractivity contribution in [1.82, 2.24) is 10.2 Å². The molecule has 1 aliphatic heterocycles. The average molecular weight is 330 g/mol. The molecule has 0 radical (unpaired) electrons. The molecule has 2 amide bonds. The van der Waals surface area contributed by atoms with Crippen LogP contribution in [0.15, 0.2) is 36.9 Å². The Morgan fingerprint density at radius 2 is 1.96 bits per heavy atom. The van der Waals surface area contributed by atoms with Gasteiger partial charge in [0.15, 0.2) is 0 Å². The standard InChI is InChI=1S/C19H26N2O3/c1-3-14-24-19(23)21-12-10-17(11-13-21)20-18(22)9-8-16-6-4-15(2)5-7-16/h3-7,17H,1,8-14H2,2H3,(H,20,22). The van der Waals surface area contributed by atoms with Crippen molar-refractivity contribution < 1.29 is 14.3 Å². The van der Waals surface area contributed by atoms with Crippen LogP contribution >= 0.6 is 0 Å². The van der Waals surface area contributed by atoms with Crippen molar-refractivity contribution in [1.29, 1.82) is 0 Å². The van der Waals surface area contributed by atoms with Gasteiger partial charge in [0.2, 0.25) is 5.91 Å². The highest BCUT2D eigenvalue weighted by Crippen LogP contribution is 2.12. The molecule has 0 atom stereocenters. The zero-order chi connectivity index (χ0) is 17.4. The largest absolute Gasteiger partial charge is 0.445 e. The van der Waals surface area contributed by atoms with Crippen LogP contribution in [0.4, 0.5) is 4.79 Å². The van der Waals surface area contributed by atoms with Crippen LogP contribution in [0.3, 0.4) is 0 Å². The minimum Gasteiger partial charge on any atom is -0.445 e. The molecule has 0 saturated carbocycles. The Labute approximate surface area is 143 Å². The summed E-state index contributed by atoms with van der Waals surface area (Å²) in [5, 5.41) is 3.07. The predicted octanol–water partition coefficient (Wildman–Crippen LogP) is 2.83. The average Bonchev–Trinajstić information content (AvgIpc) is 2.60. The van der Waals surface area contributed by atoms with Gasteiger partial charge in [-0.1, -0.05) is 42.5 Å². The van der Waals surface area contributed by atoms with Crippen molar-refractivity contribution in [3.8, 4) is 0 Å². The summed E-state index contributed by atoms with van der Waals surface area (Å²) >= 11 is 0. The van der Waals surface area contributed by atoms with Crippen LogP contribution in [0.5, 0.6) is 0 Å². The molecule has 0 aliphatic carbocycles. The van der Waals surface area contributed by atoms with Gasteiger partial charge in [-0.3, -0.25) is 4.79 Å². The number of aryl methyl sites for hydroxylation is 2. The Morgan fingerprint density at radius 3 is 2.58 bits per heavy atom. The maximum Gasteiger partial charge on any atom is 0.410 e. The third-order valence-corrected chi connectivity index (χ3v) is 4.20. The molecule has 1 fully saturated rings. The highest BCUT2D eigenvalue weighted by Gasteiger charge is 2.24. The smallest absolute Gasteiger partial charge is 0.410 e. The predicted molar refractivity (Wildman–Crippen MR) is 93.8 cm³/mol. The van der Waals surface area contributed by atoms with Gasteiger partial charge in [-0.25, -0.2) is 4.79 Å². The van der Waals surface area contributed by atoms with E-state index in [9.17, 15) is 9.59 Å². The van der Waals surface area contributed by atoms with Crippen molar-refractivity contribution in [2.75, 3.05) is 19.7 Å². The van der Waals surface area contributed by atoms with Gasteiger partial charge in [0.25, 0.3) is 0 Å². The molecule has 1 aromatic carbocycles. The van der Waals surface area contributed by atoms with Crippen LogP contribution in [0.2, 0.25) is 0 Å². The number of nitrogens with zero attached hydrogens (tertiary/aromatic N) is 1. The first kappa shape index (κ1) is 18.0. The number of likely N-dealkylation sites (tertiary alicyclic amines) is 1. The number of carbonyl (C=O) groups excluding carboxylic acids is 2. The highest BCUT2D eigenvalue weighted by molar-refractivity contribution is 5.76. The Balaban J connectivity index is 1.67. The quantitative estimate of drug-likeness (QED) is 0.816. The molecule has 1 saturated heterocycles. The normalized spacial score (nSPS) is 15.0. The second-order valence-electron chi connectivity index (χ2n) is 6.18. The molecule has 24 heavy (non-hydrogen) atoms. The molecule has 5 nitrogen and oxygen atoms in total. The van der Waals surface area contributed by atoms with E-state index in [4.69, 9.17) is 4.74 Å². The van der Waals surface area contributed by atoms with E-state index in [0.29, 0.717) is 19.5 Å². The van der Waals surface area contributed by atoms with E-state index in [0.717, 1.165) is 19.3 Å². The number of benzene rings is 1. The number of carbonyl (C=O) groups is 2. The first-order chi connectivity index (χ1) is 11.6. The molecule has 0 bridgehead atoms. The van der Waals surface area contributed by atoms with Crippen LogP contribution in [0.1, 0.15) is 30.4 Å². The zero-order valence-electron chi connectivity index (χ0n) is 14.3. The fourth-order valence-electron chi connectivity index (χ4n) is 2.74. The van der Waals surface area contributed by atoms with E-state index < -0.39 is 0 Å². The van der Waals surface area contributed by atoms with Crippen molar-refractivity contribution in [2.45, 2.75) is 38.6 Å². The number of nitrogens with one attached hydrogen (secondary N) is 1. The zero-order valence-corrected chi connectivity index (χ0v) is 14.3. The lowest BCUT2D eigenvalue weighted by Gasteiger charge is -2.31. The third kappa shape index (κ3) is 5.72. The molecule has 1 aromatic rings. The fourth-order valence-corrected chi connectivity index (χ4v) is 2.74. The number of piperidine rings is 1. The molecular weight excluding hydrogens is 304 g/mol. The lowest BCUT2D eigenvalue weighted by molar-refractivity contribution is -0.122. The SMILES string of the molecule is C=CCOC(=O)N1CCC(NC(=O)CCc2ccc(C)cc2)CC1. The van der Waals surface area contributed by atoms with Gasteiger partial charge < -0.3 is 15.0 Å². The fraction of sp³-hybridized carbons (Fsp3) is 0.474.